The second kappa shape index (κ2) is 7.75. The van der Waals surface area contributed by atoms with E-state index in [0.717, 1.165) is 5.69 Å². The van der Waals surface area contributed by atoms with Gasteiger partial charge in [0.25, 0.3) is 0 Å². The Kier molecular flexibility index (Phi) is 6.30. The molecule has 3 rings (SSSR count). The summed E-state index contributed by atoms with van der Waals surface area (Å²) in [7, 11) is 0. The molecule has 1 aromatic heterocycles. The van der Waals surface area contributed by atoms with E-state index in [-0.39, 0.29) is 19.5 Å². The molecule has 3 aromatic rings. The molecule has 0 aliphatic rings. The summed E-state index contributed by atoms with van der Waals surface area (Å²) in [4.78, 5) is 4.48. The topological polar surface area (TPSA) is 64.9 Å². The van der Waals surface area contributed by atoms with Crippen molar-refractivity contribution in [3.05, 3.63) is 66.9 Å². The molecule has 19 heavy (non-hydrogen) atoms. The molecule has 1 heterocycles. The van der Waals surface area contributed by atoms with Crippen LogP contribution in [0, 0.1) is 0 Å². The van der Waals surface area contributed by atoms with Crippen molar-refractivity contribution >= 4 is 10.8 Å². The van der Waals surface area contributed by atoms with Crippen LogP contribution in [0.3, 0.4) is 0 Å². The van der Waals surface area contributed by atoms with Gasteiger partial charge in [0.1, 0.15) is 0 Å². The Morgan fingerprint density at radius 3 is 2.11 bits per heavy atom. The van der Waals surface area contributed by atoms with Crippen LogP contribution in [0.2, 0.25) is 0 Å². The third kappa shape index (κ3) is 3.45. The van der Waals surface area contributed by atoms with Crippen LogP contribution in [-0.4, -0.2) is 4.98 Å². The van der Waals surface area contributed by atoms with E-state index in [1.165, 1.54) is 16.3 Å². The van der Waals surface area contributed by atoms with Crippen molar-refractivity contribution in [1.82, 2.24) is 4.98 Å². The Labute approximate surface area is 125 Å². The number of hydrogen-bond donors (Lipinski definition) is 2. The van der Waals surface area contributed by atoms with Gasteiger partial charge < -0.3 is 0 Å². The summed E-state index contributed by atoms with van der Waals surface area (Å²) < 4.78 is 0. The summed E-state index contributed by atoms with van der Waals surface area (Å²) in [6, 6.07) is 20.7. The number of benzene rings is 2. The molecular formula is C15H15N3Ru. The van der Waals surface area contributed by atoms with Crippen LogP contribution in [-0.2, 0) is 19.5 Å². The first-order valence-electron chi connectivity index (χ1n) is 5.68. The smallest absolute Gasteiger partial charge is 0.0780 e. The molecule has 4 N–H and O–H groups in total. The maximum absolute atomic E-state index is 4.48. The number of rotatable bonds is 1. The third-order valence-electron chi connectivity index (χ3n) is 2.72. The molecule has 3 nitrogen and oxygen atoms in total. The van der Waals surface area contributed by atoms with Gasteiger partial charge in [-0.05, 0) is 11.5 Å². The fraction of sp³-hybridized carbons (Fsp3) is 0. The Balaban J connectivity index is 0.000000576. The van der Waals surface area contributed by atoms with E-state index in [1.807, 2.05) is 30.5 Å². The van der Waals surface area contributed by atoms with E-state index in [2.05, 4.69) is 53.1 Å². The number of aromatic nitrogens is 1. The molecule has 0 radical (unpaired) electrons. The van der Waals surface area contributed by atoms with E-state index in [1.54, 1.807) is 0 Å². The Morgan fingerprint density at radius 1 is 0.737 bits per heavy atom. The van der Waals surface area contributed by atoms with Crippen molar-refractivity contribution in [1.29, 1.82) is 0 Å². The predicted molar refractivity (Wildman–Crippen MR) is 75.6 cm³/mol. The van der Waals surface area contributed by atoms with Crippen molar-refractivity contribution in [2.75, 3.05) is 0 Å². The summed E-state index contributed by atoms with van der Waals surface area (Å²) in [5.41, 5.74) is 2.22. The van der Waals surface area contributed by atoms with E-state index in [9.17, 15) is 0 Å². The van der Waals surface area contributed by atoms with Gasteiger partial charge in [0, 0.05) is 36.6 Å². The first-order valence-corrected chi connectivity index (χ1v) is 5.68. The van der Waals surface area contributed by atoms with E-state index in [0.29, 0.717) is 0 Å². The van der Waals surface area contributed by atoms with Gasteiger partial charge in [0.15, 0.2) is 0 Å². The predicted octanol–water partition coefficient (Wildman–Crippen LogP) is 2.72. The molecule has 0 spiro atoms. The molecule has 2 aromatic carbocycles. The monoisotopic (exact) mass is 339 g/mol. The summed E-state index contributed by atoms with van der Waals surface area (Å²) >= 11 is 0. The molecule has 0 atom stereocenters. The van der Waals surface area contributed by atoms with Crippen LogP contribution in [0.5, 0.6) is 0 Å². The molecule has 0 aliphatic heterocycles. The zero-order valence-electron chi connectivity index (χ0n) is 10.3. The van der Waals surface area contributed by atoms with E-state index < -0.39 is 0 Å². The SMILES string of the molecule is NN.[Ru].c1ccc(-c2nccc3ccccc23)cc1. The van der Waals surface area contributed by atoms with Gasteiger partial charge in [0.05, 0.1) is 5.69 Å². The van der Waals surface area contributed by atoms with Gasteiger partial charge in [-0.15, -0.1) is 0 Å². The first kappa shape index (κ1) is 15.5. The maximum atomic E-state index is 4.48. The number of nitrogens with zero attached hydrogens (tertiary/aromatic N) is 1. The minimum atomic E-state index is 0. The van der Waals surface area contributed by atoms with Crippen molar-refractivity contribution < 1.29 is 19.5 Å². The van der Waals surface area contributed by atoms with Crippen molar-refractivity contribution in [3.8, 4) is 11.3 Å². The summed E-state index contributed by atoms with van der Waals surface area (Å²) in [6.07, 6.45) is 1.87. The summed E-state index contributed by atoms with van der Waals surface area (Å²) in [5, 5.41) is 2.44. The van der Waals surface area contributed by atoms with Crippen molar-refractivity contribution in [3.63, 3.8) is 0 Å². The van der Waals surface area contributed by atoms with Gasteiger partial charge in [-0.2, -0.15) is 0 Å². The Hall–Kier alpha value is -1.61. The normalized spacial score (nSPS) is 9.16. The third-order valence-corrected chi connectivity index (χ3v) is 2.72. The average molecular weight is 338 g/mol. The second-order valence-electron chi connectivity index (χ2n) is 3.75. The van der Waals surface area contributed by atoms with Crippen LogP contribution in [0.25, 0.3) is 22.0 Å². The molecule has 0 fully saturated rings. The van der Waals surface area contributed by atoms with E-state index >= 15 is 0 Å². The Morgan fingerprint density at radius 2 is 1.37 bits per heavy atom. The van der Waals surface area contributed by atoms with Gasteiger partial charge in [0.2, 0.25) is 0 Å². The largest absolute Gasteiger partial charge is 0.274 e. The summed E-state index contributed by atoms with van der Waals surface area (Å²) in [6.45, 7) is 0. The molecule has 4 heteroatoms. The van der Waals surface area contributed by atoms with Crippen LogP contribution in [0.4, 0.5) is 0 Å². The zero-order valence-corrected chi connectivity index (χ0v) is 12.0. The zero-order chi connectivity index (χ0) is 12.8. The average Bonchev–Trinajstić information content (AvgIpc) is 2.50. The molecule has 0 aliphatic carbocycles. The summed E-state index contributed by atoms with van der Waals surface area (Å²) in [5.74, 6) is 8.00. The first-order chi connectivity index (χ1) is 8.95. The van der Waals surface area contributed by atoms with E-state index in [4.69, 9.17) is 0 Å². The Bertz CT molecular complexity index is 621. The van der Waals surface area contributed by atoms with Gasteiger partial charge in [-0.3, -0.25) is 16.7 Å². The number of hydrogen-bond acceptors (Lipinski definition) is 3. The molecule has 0 saturated heterocycles. The molecule has 0 bridgehead atoms. The van der Waals surface area contributed by atoms with Crippen LogP contribution < -0.4 is 11.7 Å². The fourth-order valence-electron chi connectivity index (χ4n) is 1.95. The quantitative estimate of drug-likeness (QED) is 0.407. The molecule has 0 unspecified atom stereocenters. The van der Waals surface area contributed by atoms with Crippen LogP contribution >= 0.6 is 0 Å². The van der Waals surface area contributed by atoms with Crippen molar-refractivity contribution in [2.24, 2.45) is 11.7 Å². The second-order valence-corrected chi connectivity index (χ2v) is 3.75. The number of fused-ring (bicyclic) bond motifs is 1. The molecule has 0 saturated carbocycles. The number of hydrazine groups is 1. The standard InChI is InChI=1S/C15H11N.H4N2.Ru/c1-2-7-13(8-3-1)15-14-9-5-4-6-12(14)10-11-16-15;1-2;/h1-11H;1-2H2;. The van der Waals surface area contributed by atoms with Gasteiger partial charge in [-0.25, -0.2) is 0 Å². The fourth-order valence-corrected chi connectivity index (χ4v) is 1.95. The minimum absolute atomic E-state index is 0. The maximum Gasteiger partial charge on any atom is 0.0780 e. The molecule has 0 amide bonds. The van der Waals surface area contributed by atoms with Gasteiger partial charge in [-0.1, -0.05) is 54.6 Å². The van der Waals surface area contributed by atoms with Crippen molar-refractivity contribution in [2.45, 2.75) is 0 Å². The van der Waals surface area contributed by atoms with Gasteiger partial charge >= 0.3 is 0 Å². The number of nitrogens with two attached hydrogens (primary N) is 2. The molecule has 98 valence electrons. The van der Waals surface area contributed by atoms with Crippen LogP contribution in [0.15, 0.2) is 66.9 Å². The minimum Gasteiger partial charge on any atom is -0.274 e. The van der Waals surface area contributed by atoms with Crippen LogP contribution in [0.1, 0.15) is 0 Å². The number of pyridine rings is 1. The molecular weight excluding hydrogens is 323 g/mol.